The van der Waals surface area contributed by atoms with E-state index >= 15 is 0 Å². The molecule has 0 atom stereocenters. The molecular weight excluding hydrogens is 224 g/mol. The van der Waals surface area contributed by atoms with Crippen LogP contribution in [0.4, 0.5) is 0 Å². The molecule has 3 nitrogen and oxygen atoms in total. The maximum absolute atomic E-state index is 5.94. The molecule has 0 radical (unpaired) electrons. The van der Waals surface area contributed by atoms with Crippen LogP contribution in [0.15, 0.2) is 36.8 Å². The van der Waals surface area contributed by atoms with E-state index in [-0.39, 0.29) is 0 Å². The zero-order valence-electron chi connectivity index (χ0n) is 8.85. The van der Waals surface area contributed by atoms with Crippen LogP contribution < -0.4 is 4.74 Å². The highest BCUT2D eigenvalue weighted by Gasteiger charge is 2.07. The van der Waals surface area contributed by atoms with Crippen molar-refractivity contribution in [2.75, 3.05) is 6.61 Å². The van der Waals surface area contributed by atoms with Crippen molar-refractivity contribution in [3.05, 3.63) is 41.8 Å². The molecule has 0 spiro atoms. The van der Waals surface area contributed by atoms with E-state index in [1.807, 2.05) is 31.2 Å². The summed E-state index contributed by atoms with van der Waals surface area (Å²) < 4.78 is 5.46. The van der Waals surface area contributed by atoms with Crippen LogP contribution in [0.5, 0.6) is 5.75 Å². The van der Waals surface area contributed by atoms with E-state index in [1.165, 1.54) is 6.33 Å². The monoisotopic (exact) mass is 234 g/mol. The Labute approximate surface area is 99.1 Å². The molecule has 0 bridgehead atoms. The standard InChI is InChI=1S/C12H11ClN2O/c1-2-16-11-7-14-8-15-12(11)9-4-3-5-10(13)6-9/h3-8H,2H2,1H3. The lowest BCUT2D eigenvalue weighted by molar-refractivity contribution is 0.339. The van der Waals surface area contributed by atoms with Crippen LogP contribution in [0.2, 0.25) is 5.02 Å². The molecule has 2 rings (SSSR count). The maximum Gasteiger partial charge on any atom is 0.163 e. The lowest BCUT2D eigenvalue weighted by atomic mass is 10.1. The number of rotatable bonds is 3. The molecule has 0 amide bonds. The summed E-state index contributed by atoms with van der Waals surface area (Å²) in [5.41, 5.74) is 1.69. The summed E-state index contributed by atoms with van der Waals surface area (Å²) in [7, 11) is 0. The first-order chi connectivity index (χ1) is 7.81. The number of aromatic nitrogens is 2. The van der Waals surface area contributed by atoms with Crippen molar-refractivity contribution in [1.29, 1.82) is 0 Å². The fraction of sp³-hybridized carbons (Fsp3) is 0.167. The van der Waals surface area contributed by atoms with Crippen LogP contribution in [-0.2, 0) is 0 Å². The largest absolute Gasteiger partial charge is 0.490 e. The molecule has 82 valence electrons. The van der Waals surface area contributed by atoms with Crippen LogP contribution in [0.25, 0.3) is 11.3 Å². The third-order valence-corrected chi connectivity index (χ3v) is 2.31. The van der Waals surface area contributed by atoms with E-state index in [2.05, 4.69) is 9.97 Å². The Morgan fingerprint density at radius 1 is 1.38 bits per heavy atom. The first-order valence-electron chi connectivity index (χ1n) is 5.00. The fourth-order valence-corrected chi connectivity index (χ4v) is 1.62. The van der Waals surface area contributed by atoms with Gasteiger partial charge in [0.2, 0.25) is 0 Å². The van der Waals surface area contributed by atoms with Crippen LogP contribution in [-0.4, -0.2) is 16.6 Å². The van der Waals surface area contributed by atoms with Gasteiger partial charge in [-0.3, -0.25) is 0 Å². The number of ether oxygens (including phenoxy) is 1. The number of nitrogens with zero attached hydrogens (tertiary/aromatic N) is 2. The van der Waals surface area contributed by atoms with Gasteiger partial charge < -0.3 is 4.74 Å². The van der Waals surface area contributed by atoms with E-state index in [0.29, 0.717) is 17.4 Å². The summed E-state index contributed by atoms with van der Waals surface area (Å²) in [5, 5.41) is 0.679. The third kappa shape index (κ3) is 2.31. The Morgan fingerprint density at radius 2 is 2.25 bits per heavy atom. The Kier molecular flexibility index (Phi) is 3.37. The molecule has 0 aliphatic rings. The Bertz CT molecular complexity index is 488. The van der Waals surface area contributed by atoms with Crippen LogP contribution in [0.3, 0.4) is 0 Å². The molecule has 0 N–H and O–H groups in total. The quantitative estimate of drug-likeness (QED) is 0.818. The number of benzene rings is 1. The number of halogens is 1. The van der Waals surface area contributed by atoms with E-state index in [4.69, 9.17) is 16.3 Å². The van der Waals surface area contributed by atoms with Crippen molar-refractivity contribution in [2.24, 2.45) is 0 Å². The molecule has 16 heavy (non-hydrogen) atoms. The summed E-state index contributed by atoms with van der Waals surface area (Å²) in [6.45, 7) is 2.51. The Balaban J connectivity index is 2.46. The lowest BCUT2D eigenvalue weighted by Crippen LogP contribution is -1.96. The molecule has 4 heteroatoms. The Hall–Kier alpha value is -1.61. The van der Waals surface area contributed by atoms with E-state index < -0.39 is 0 Å². The number of hydrogen-bond acceptors (Lipinski definition) is 3. The zero-order chi connectivity index (χ0) is 11.4. The van der Waals surface area contributed by atoms with Gasteiger partial charge in [-0.05, 0) is 19.1 Å². The molecule has 0 saturated carbocycles. The molecule has 1 aromatic carbocycles. The molecule has 0 unspecified atom stereocenters. The topological polar surface area (TPSA) is 35.0 Å². The molecule has 1 aromatic heterocycles. The average molecular weight is 235 g/mol. The summed E-state index contributed by atoms with van der Waals surface area (Å²) >= 11 is 5.94. The van der Waals surface area contributed by atoms with Gasteiger partial charge in [-0.2, -0.15) is 0 Å². The fourth-order valence-electron chi connectivity index (χ4n) is 1.43. The first kappa shape index (κ1) is 10.9. The lowest BCUT2D eigenvalue weighted by Gasteiger charge is -2.08. The predicted octanol–water partition coefficient (Wildman–Crippen LogP) is 3.20. The van der Waals surface area contributed by atoms with E-state index in [9.17, 15) is 0 Å². The van der Waals surface area contributed by atoms with Crippen molar-refractivity contribution in [2.45, 2.75) is 6.92 Å². The maximum atomic E-state index is 5.94. The second kappa shape index (κ2) is 4.94. The van der Waals surface area contributed by atoms with Crippen molar-refractivity contribution < 1.29 is 4.74 Å². The SMILES string of the molecule is CCOc1cncnc1-c1cccc(Cl)c1. The van der Waals surface area contributed by atoms with Gasteiger partial charge in [0.25, 0.3) is 0 Å². The normalized spacial score (nSPS) is 10.1. The summed E-state index contributed by atoms with van der Waals surface area (Å²) in [4.78, 5) is 8.16. The Morgan fingerprint density at radius 3 is 3.00 bits per heavy atom. The van der Waals surface area contributed by atoms with Gasteiger partial charge in [-0.1, -0.05) is 23.7 Å². The summed E-state index contributed by atoms with van der Waals surface area (Å²) in [6, 6.07) is 7.51. The highest BCUT2D eigenvalue weighted by atomic mass is 35.5. The van der Waals surface area contributed by atoms with Crippen LogP contribution in [0.1, 0.15) is 6.92 Å². The van der Waals surface area contributed by atoms with Crippen molar-refractivity contribution in [3.8, 4) is 17.0 Å². The average Bonchev–Trinajstić information content (AvgIpc) is 2.30. The van der Waals surface area contributed by atoms with Gasteiger partial charge >= 0.3 is 0 Å². The van der Waals surface area contributed by atoms with E-state index in [0.717, 1.165) is 11.3 Å². The van der Waals surface area contributed by atoms with Crippen LogP contribution >= 0.6 is 11.6 Å². The molecule has 0 saturated heterocycles. The second-order valence-electron chi connectivity index (χ2n) is 3.18. The van der Waals surface area contributed by atoms with Crippen LogP contribution in [0, 0.1) is 0 Å². The number of hydrogen-bond donors (Lipinski definition) is 0. The highest BCUT2D eigenvalue weighted by Crippen LogP contribution is 2.28. The minimum Gasteiger partial charge on any atom is -0.490 e. The zero-order valence-corrected chi connectivity index (χ0v) is 9.61. The van der Waals surface area contributed by atoms with Gasteiger partial charge in [-0.25, -0.2) is 9.97 Å². The van der Waals surface area contributed by atoms with Gasteiger partial charge in [-0.15, -0.1) is 0 Å². The smallest absolute Gasteiger partial charge is 0.163 e. The first-order valence-corrected chi connectivity index (χ1v) is 5.38. The third-order valence-electron chi connectivity index (χ3n) is 2.08. The highest BCUT2D eigenvalue weighted by molar-refractivity contribution is 6.30. The second-order valence-corrected chi connectivity index (χ2v) is 3.62. The van der Waals surface area contributed by atoms with Gasteiger partial charge in [0.05, 0.1) is 12.8 Å². The van der Waals surface area contributed by atoms with Gasteiger partial charge in [0.1, 0.15) is 12.0 Å². The molecule has 1 heterocycles. The van der Waals surface area contributed by atoms with Crippen molar-refractivity contribution >= 4 is 11.6 Å². The molecule has 0 fully saturated rings. The van der Waals surface area contributed by atoms with Crippen molar-refractivity contribution in [3.63, 3.8) is 0 Å². The predicted molar refractivity (Wildman–Crippen MR) is 63.6 cm³/mol. The minimum atomic E-state index is 0.584. The summed E-state index contributed by atoms with van der Waals surface area (Å²) in [6.07, 6.45) is 3.16. The minimum absolute atomic E-state index is 0.584. The van der Waals surface area contributed by atoms with Gasteiger partial charge in [0, 0.05) is 10.6 Å². The molecule has 0 aliphatic carbocycles. The summed E-state index contributed by atoms with van der Waals surface area (Å²) in [5.74, 6) is 0.673. The molecule has 0 aliphatic heterocycles. The van der Waals surface area contributed by atoms with E-state index in [1.54, 1.807) is 6.20 Å². The molecule has 2 aromatic rings. The molecular formula is C12H11ClN2O. The van der Waals surface area contributed by atoms with Crippen molar-refractivity contribution in [1.82, 2.24) is 9.97 Å². The van der Waals surface area contributed by atoms with Gasteiger partial charge in [0.15, 0.2) is 5.75 Å².